The minimum atomic E-state index is -0.984. The van der Waals surface area contributed by atoms with E-state index in [1.807, 2.05) is 0 Å². The van der Waals surface area contributed by atoms with Crippen LogP contribution in [0.1, 0.15) is 11.4 Å². The summed E-state index contributed by atoms with van der Waals surface area (Å²) in [5.41, 5.74) is 0.952. The lowest BCUT2D eigenvalue weighted by Crippen LogP contribution is -2.43. The third kappa shape index (κ3) is 3.89. The molecular weight excluding hydrogens is 240 g/mol. The van der Waals surface area contributed by atoms with E-state index in [2.05, 4.69) is 20.8 Å². The molecule has 0 aliphatic carbocycles. The number of rotatable bonds is 7. The van der Waals surface area contributed by atoms with Crippen LogP contribution < -0.4 is 10.6 Å². The van der Waals surface area contributed by atoms with Crippen LogP contribution in [0.25, 0.3) is 0 Å². The van der Waals surface area contributed by atoms with Crippen LogP contribution in [0.2, 0.25) is 0 Å². The van der Waals surface area contributed by atoms with Gasteiger partial charge in [-0.1, -0.05) is 0 Å². The Morgan fingerprint density at radius 2 is 2.33 bits per heavy atom. The van der Waals surface area contributed by atoms with Crippen LogP contribution in [0, 0.1) is 0 Å². The molecule has 8 nitrogen and oxygen atoms in total. The predicted molar refractivity (Wildman–Crippen MR) is 60.7 cm³/mol. The quantitative estimate of drug-likeness (QED) is 0.438. The van der Waals surface area contributed by atoms with Gasteiger partial charge in [0.15, 0.2) is 0 Å². The Morgan fingerprint density at radius 3 is 2.89 bits per heavy atom. The fraction of sp³-hybridized carbons (Fsp3) is 0.400. The molecule has 0 radical (unpaired) electrons. The van der Waals surface area contributed by atoms with E-state index in [1.165, 1.54) is 7.05 Å². The standard InChI is InChI=1S/C10H14N4O4/c1-11-10(18)8(12-5-15)3-6-2-7(14-13-6)4-9(16)17/h2,5,8H,3-4H2,1H3,(H,11,18)(H,12,15)(H,13,14)(H,16,17). The number of aliphatic carboxylic acids is 1. The summed E-state index contributed by atoms with van der Waals surface area (Å²) in [7, 11) is 1.46. The van der Waals surface area contributed by atoms with Crippen molar-refractivity contribution in [2.45, 2.75) is 18.9 Å². The summed E-state index contributed by atoms with van der Waals surface area (Å²) in [5.74, 6) is -1.32. The van der Waals surface area contributed by atoms with Crippen LogP contribution in [0.15, 0.2) is 6.07 Å². The van der Waals surface area contributed by atoms with E-state index < -0.39 is 12.0 Å². The molecule has 1 rings (SSSR count). The van der Waals surface area contributed by atoms with Gasteiger partial charge in [-0.2, -0.15) is 5.10 Å². The third-order valence-electron chi connectivity index (χ3n) is 2.27. The minimum Gasteiger partial charge on any atom is -0.481 e. The van der Waals surface area contributed by atoms with Crippen molar-refractivity contribution in [3.63, 3.8) is 0 Å². The molecule has 1 heterocycles. The van der Waals surface area contributed by atoms with E-state index in [4.69, 9.17) is 5.11 Å². The Morgan fingerprint density at radius 1 is 1.61 bits per heavy atom. The summed E-state index contributed by atoms with van der Waals surface area (Å²) in [6.07, 6.45) is 0.460. The molecule has 98 valence electrons. The Hall–Kier alpha value is -2.38. The van der Waals surface area contributed by atoms with Gasteiger partial charge < -0.3 is 15.7 Å². The van der Waals surface area contributed by atoms with E-state index in [9.17, 15) is 14.4 Å². The number of hydrogen-bond donors (Lipinski definition) is 4. The average molecular weight is 254 g/mol. The van der Waals surface area contributed by atoms with E-state index in [1.54, 1.807) is 6.07 Å². The van der Waals surface area contributed by atoms with Crippen molar-refractivity contribution in [2.75, 3.05) is 7.05 Å². The van der Waals surface area contributed by atoms with Gasteiger partial charge in [0, 0.05) is 19.2 Å². The second kappa shape index (κ2) is 6.38. The van der Waals surface area contributed by atoms with Crippen molar-refractivity contribution in [1.29, 1.82) is 0 Å². The molecule has 0 bridgehead atoms. The van der Waals surface area contributed by atoms with E-state index in [0.717, 1.165) is 0 Å². The maximum atomic E-state index is 11.4. The number of aromatic amines is 1. The van der Waals surface area contributed by atoms with Crippen LogP contribution >= 0.6 is 0 Å². The van der Waals surface area contributed by atoms with Gasteiger partial charge in [-0.25, -0.2) is 0 Å². The first-order valence-corrected chi connectivity index (χ1v) is 5.23. The van der Waals surface area contributed by atoms with Gasteiger partial charge >= 0.3 is 5.97 Å². The van der Waals surface area contributed by atoms with Gasteiger partial charge in [-0.3, -0.25) is 19.5 Å². The van der Waals surface area contributed by atoms with Gasteiger partial charge in [0.1, 0.15) is 6.04 Å². The van der Waals surface area contributed by atoms with Gasteiger partial charge in [0.2, 0.25) is 12.3 Å². The van der Waals surface area contributed by atoms with E-state index in [-0.39, 0.29) is 18.7 Å². The third-order valence-corrected chi connectivity index (χ3v) is 2.27. The number of nitrogens with zero attached hydrogens (tertiary/aromatic N) is 1. The molecule has 0 fully saturated rings. The summed E-state index contributed by atoms with van der Waals surface area (Å²) < 4.78 is 0. The molecule has 0 saturated carbocycles. The summed E-state index contributed by atoms with van der Waals surface area (Å²) in [5, 5.41) is 19.8. The number of aromatic nitrogens is 2. The highest BCUT2D eigenvalue weighted by Crippen LogP contribution is 2.04. The fourth-order valence-electron chi connectivity index (χ4n) is 1.46. The summed E-state index contributed by atoms with van der Waals surface area (Å²) in [4.78, 5) is 32.3. The zero-order chi connectivity index (χ0) is 13.5. The van der Waals surface area contributed by atoms with Gasteiger partial charge in [0.05, 0.1) is 12.1 Å². The fourth-order valence-corrected chi connectivity index (χ4v) is 1.46. The average Bonchev–Trinajstić information content (AvgIpc) is 2.74. The Balaban J connectivity index is 2.68. The smallest absolute Gasteiger partial charge is 0.309 e. The van der Waals surface area contributed by atoms with Crippen LogP contribution in [-0.2, 0) is 27.2 Å². The lowest BCUT2D eigenvalue weighted by atomic mass is 10.1. The summed E-state index contributed by atoms with van der Waals surface area (Å²) in [6.45, 7) is 0. The van der Waals surface area contributed by atoms with Gasteiger partial charge in [-0.15, -0.1) is 0 Å². The molecule has 0 aromatic carbocycles. The topological polar surface area (TPSA) is 124 Å². The highest BCUT2D eigenvalue weighted by Gasteiger charge is 2.18. The maximum Gasteiger partial charge on any atom is 0.309 e. The Bertz CT molecular complexity index is 443. The molecule has 0 saturated heterocycles. The number of H-pyrrole nitrogens is 1. The number of nitrogens with one attached hydrogen (secondary N) is 3. The molecule has 0 aliphatic heterocycles. The second-order valence-corrected chi connectivity index (χ2v) is 3.61. The lowest BCUT2D eigenvalue weighted by molar-refractivity contribution is -0.136. The van der Waals surface area contributed by atoms with Crippen molar-refractivity contribution in [3.8, 4) is 0 Å². The van der Waals surface area contributed by atoms with Gasteiger partial charge in [-0.05, 0) is 6.07 Å². The van der Waals surface area contributed by atoms with Gasteiger partial charge in [0.25, 0.3) is 0 Å². The summed E-state index contributed by atoms with van der Waals surface area (Å²) >= 11 is 0. The summed E-state index contributed by atoms with van der Waals surface area (Å²) in [6, 6.07) is 0.835. The highest BCUT2D eigenvalue weighted by atomic mass is 16.4. The van der Waals surface area contributed by atoms with E-state index >= 15 is 0 Å². The molecule has 2 amide bonds. The molecule has 1 aromatic heterocycles. The molecular formula is C10H14N4O4. The minimum absolute atomic E-state index is 0.192. The molecule has 1 aromatic rings. The normalized spacial score (nSPS) is 11.6. The van der Waals surface area contributed by atoms with Crippen LogP contribution in [0.5, 0.6) is 0 Å². The first-order valence-electron chi connectivity index (χ1n) is 5.23. The molecule has 8 heteroatoms. The first-order chi connectivity index (χ1) is 8.56. The van der Waals surface area contributed by atoms with Crippen LogP contribution in [0.4, 0.5) is 0 Å². The number of likely N-dealkylation sites (N-methyl/N-ethyl adjacent to an activating group) is 1. The number of carbonyl (C=O) groups excluding carboxylic acids is 2. The molecule has 0 spiro atoms. The molecule has 4 N–H and O–H groups in total. The zero-order valence-corrected chi connectivity index (χ0v) is 9.77. The SMILES string of the molecule is CNC(=O)C(Cc1cc(CC(=O)O)n[nH]1)NC=O. The van der Waals surface area contributed by atoms with Crippen molar-refractivity contribution in [3.05, 3.63) is 17.5 Å². The highest BCUT2D eigenvalue weighted by molar-refractivity contribution is 5.83. The Kier molecular flexibility index (Phi) is 4.85. The first kappa shape index (κ1) is 13.7. The van der Waals surface area contributed by atoms with Crippen molar-refractivity contribution in [2.24, 2.45) is 0 Å². The molecule has 18 heavy (non-hydrogen) atoms. The Labute approximate surface area is 103 Å². The number of hydrogen-bond acceptors (Lipinski definition) is 4. The second-order valence-electron chi connectivity index (χ2n) is 3.61. The van der Waals surface area contributed by atoms with Crippen molar-refractivity contribution >= 4 is 18.3 Å². The number of carboxylic acids is 1. The van der Waals surface area contributed by atoms with Crippen LogP contribution in [-0.4, -0.2) is 46.7 Å². The van der Waals surface area contributed by atoms with E-state index in [0.29, 0.717) is 17.8 Å². The lowest BCUT2D eigenvalue weighted by Gasteiger charge is -2.12. The van der Waals surface area contributed by atoms with Crippen LogP contribution in [0.3, 0.4) is 0 Å². The number of carboxylic acid groups (broad SMARTS) is 1. The molecule has 0 aliphatic rings. The van der Waals surface area contributed by atoms with Crippen molar-refractivity contribution < 1.29 is 19.5 Å². The zero-order valence-electron chi connectivity index (χ0n) is 9.77. The largest absolute Gasteiger partial charge is 0.481 e. The molecule has 1 atom stereocenters. The molecule has 1 unspecified atom stereocenters. The van der Waals surface area contributed by atoms with Crippen molar-refractivity contribution in [1.82, 2.24) is 20.8 Å². The monoisotopic (exact) mass is 254 g/mol. The number of amides is 2. The maximum absolute atomic E-state index is 11.4. The predicted octanol–water partition coefficient (Wildman–Crippen LogP) is -1.56. The number of carbonyl (C=O) groups is 3.